The molecule has 32 heavy (non-hydrogen) atoms. The second kappa shape index (κ2) is 8.99. The summed E-state index contributed by atoms with van der Waals surface area (Å²) in [6.45, 7) is 3.71. The molecule has 0 saturated carbocycles. The number of methoxy groups -OCH3 is 1. The van der Waals surface area contributed by atoms with Crippen LogP contribution in [0.3, 0.4) is 0 Å². The highest BCUT2D eigenvalue weighted by Gasteiger charge is 2.28. The fraction of sp³-hybridized carbons (Fsp3) is 0.375. The summed E-state index contributed by atoms with van der Waals surface area (Å²) in [5, 5.41) is 12.8. The molecule has 164 valence electrons. The number of amidine groups is 1. The van der Waals surface area contributed by atoms with Crippen LogP contribution in [0.25, 0.3) is 0 Å². The van der Waals surface area contributed by atoms with Gasteiger partial charge in [0.05, 0.1) is 62.3 Å². The van der Waals surface area contributed by atoms with Gasteiger partial charge in [-0.05, 0) is 31.0 Å². The molecule has 1 atom stereocenters. The monoisotopic (exact) mass is 431 g/mol. The number of nitriles is 1. The number of aliphatic imine (C=N–C) groups is 2. The maximum atomic E-state index is 9.44. The Labute approximate surface area is 187 Å². The highest BCUT2D eigenvalue weighted by atomic mass is 16.5. The van der Waals surface area contributed by atoms with Crippen LogP contribution in [0.1, 0.15) is 29.5 Å². The molecule has 1 unspecified atom stereocenters. The minimum atomic E-state index is 0.246. The van der Waals surface area contributed by atoms with E-state index in [1.807, 2.05) is 35.2 Å². The minimum Gasteiger partial charge on any atom is -0.493 e. The molecule has 0 bridgehead atoms. The number of fused-ring (bicyclic) bond motifs is 4. The molecule has 1 saturated heterocycles. The molecular weight excluding hydrogens is 406 g/mol. The minimum absolute atomic E-state index is 0.246. The van der Waals surface area contributed by atoms with E-state index in [0.29, 0.717) is 30.2 Å². The predicted molar refractivity (Wildman–Crippen MR) is 121 cm³/mol. The standard InChI is InChI=1S/C24H25N5O3/c1-30-22-11-21-18(10-23(22)32-8-3-5-17-13-26-7-9-31-17)24-28-20-6-2-4-16(12-25)19(20)14-29(24)15-27-21/h2,4,6,10-11,15,17,26H,3,5,7-9,13-14H2,1H3. The third-order valence-corrected chi connectivity index (χ3v) is 5.89. The fourth-order valence-corrected chi connectivity index (χ4v) is 4.22. The SMILES string of the molecule is COc1cc2c(cc1OCCCC1CNCCO1)C1=Nc3cccc(C#N)c3CN1C=N2. The zero-order valence-corrected chi connectivity index (χ0v) is 18.0. The zero-order valence-electron chi connectivity index (χ0n) is 18.0. The number of rotatable bonds is 6. The van der Waals surface area contributed by atoms with Gasteiger partial charge in [0.15, 0.2) is 11.5 Å². The molecule has 1 fully saturated rings. The normalized spacial score (nSPS) is 18.7. The van der Waals surface area contributed by atoms with Crippen molar-refractivity contribution in [1.82, 2.24) is 10.2 Å². The average molecular weight is 431 g/mol. The number of benzene rings is 2. The first-order valence-corrected chi connectivity index (χ1v) is 10.9. The van der Waals surface area contributed by atoms with Crippen molar-refractivity contribution < 1.29 is 14.2 Å². The summed E-state index contributed by atoms with van der Waals surface area (Å²) in [7, 11) is 1.63. The first-order valence-electron chi connectivity index (χ1n) is 10.9. The predicted octanol–water partition coefficient (Wildman–Crippen LogP) is 3.28. The van der Waals surface area contributed by atoms with Gasteiger partial charge < -0.3 is 24.4 Å². The third kappa shape index (κ3) is 3.93. The Hall–Kier alpha value is -3.41. The van der Waals surface area contributed by atoms with E-state index in [1.165, 1.54) is 0 Å². The quantitative estimate of drug-likeness (QED) is 0.706. The van der Waals surface area contributed by atoms with Gasteiger partial charge in [0.25, 0.3) is 0 Å². The lowest BCUT2D eigenvalue weighted by atomic mass is 10.0. The van der Waals surface area contributed by atoms with Crippen LogP contribution in [0, 0.1) is 11.3 Å². The van der Waals surface area contributed by atoms with Gasteiger partial charge in [0, 0.05) is 30.3 Å². The summed E-state index contributed by atoms with van der Waals surface area (Å²) in [6, 6.07) is 11.7. The molecule has 0 amide bonds. The van der Waals surface area contributed by atoms with Gasteiger partial charge in [0.2, 0.25) is 0 Å². The molecule has 2 aromatic carbocycles. The van der Waals surface area contributed by atoms with Gasteiger partial charge in [0.1, 0.15) is 5.84 Å². The first kappa shape index (κ1) is 20.5. The van der Waals surface area contributed by atoms with Gasteiger partial charge >= 0.3 is 0 Å². The van der Waals surface area contributed by atoms with Crippen molar-refractivity contribution in [3.63, 3.8) is 0 Å². The second-order valence-corrected chi connectivity index (χ2v) is 7.93. The molecule has 0 aliphatic carbocycles. The number of nitrogens with zero attached hydrogens (tertiary/aromatic N) is 4. The Kier molecular flexibility index (Phi) is 5.75. The van der Waals surface area contributed by atoms with E-state index in [4.69, 9.17) is 19.2 Å². The van der Waals surface area contributed by atoms with Crippen molar-refractivity contribution in [2.24, 2.45) is 9.98 Å². The van der Waals surface area contributed by atoms with Crippen LogP contribution >= 0.6 is 0 Å². The van der Waals surface area contributed by atoms with E-state index in [-0.39, 0.29) is 6.10 Å². The molecule has 0 aromatic heterocycles. The summed E-state index contributed by atoms with van der Waals surface area (Å²) >= 11 is 0. The Morgan fingerprint density at radius 1 is 1.28 bits per heavy atom. The van der Waals surface area contributed by atoms with E-state index < -0.39 is 0 Å². The molecule has 3 aliphatic heterocycles. The summed E-state index contributed by atoms with van der Waals surface area (Å²) in [4.78, 5) is 11.4. The smallest absolute Gasteiger partial charge is 0.162 e. The number of hydrogen-bond donors (Lipinski definition) is 1. The fourth-order valence-electron chi connectivity index (χ4n) is 4.22. The van der Waals surface area contributed by atoms with E-state index in [2.05, 4.69) is 16.4 Å². The van der Waals surface area contributed by atoms with E-state index in [9.17, 15) is 5.26 Å². The van der Waals surface area contributed by atoms with E-state index >= 15 is 0 Å². The molecule has 5 rings (SSSR count). The molecule has 1 N–H and O–H groups in total. The van der Waals surface area contributed by atoms with Crippen LogP contribution in [-0.4, -0.2) is 56.6 Å². The van der Waals surface area contributed by atoms with Gasteiger partial charge in [-0.1, -0.05) is 6.07 Å². The summed E-state index contributed by atoms with van der Waals surface area (Å²) in [5.74, 6) is 2.12. The van der Waals surface area contributed by atoms with Gasteiger partial charge in [-0.3, -0.25) is 0 Å². The van der Waals surface area contributed by atoms with Gasteiger partial charge in [-0.2, -0.15) is 5.26 Å². The molecule has 3 heterocycles. The van der Waals surface area contributed by atoms with Crippen molar-refractivity contribution in [2.45, 2.75) is 25.5 Å². The van der Waals surface area contributed by atoms with Crippen molar-refractivity contribution in [3.05, 3.63) is 47.0 Å². The topological polar surface area (TPSA) is 91.5 Å². The van der Waals surface area contributed by atoms with Gasteiger partial charge in [-0.15, -0.1) is 0 Å². The van der Waals surface area contributed by atoms with Crippen LogP contribution < -0.4 is 14.8 Å². The molecule has 0 spiro atoms. The van der Waals surface area contributed by atoms with Crippen molar-refractivity contribution in [1.29, 1.82) is 5.26 Å². The van der Waals surface area contributed by atoms with E-state index in [0.717, 1.165) is 60.9 Å². The highest BCUT2D eigenvalue weighted by Crippen LogP contribution is 2.40. The van der Waals surface area contributed by atoms with Crippen LogP contribution in [0.15, 0.2) is 40.3 Å². The lowest BCUT2D eigenvalue weighted by Crippen LogP contribution is -2.38. The van der Waals surface area contributed by atoms with Crippen LogP contribution in [0.4, 0.5) is 11.4 Å². The Bertz CT molecular complexity index is 1120. The first-order chi connectivity index (χ1) is 15.8. The van der Waals surface area contributed by atoms with Gasteiger partial charge in [-0.25, -0.2) is 9.98 Å². The summed E-state index contributed by atoms with van der Waals surface area (Å²) in [6.07, 6.45) is 3.84. The highest BCUT2D eigenvalue weighted by molar-refractivity contribution is 6.12. The van der Waals surface area contributed by atoms with Crippen LogP contribution in [0.5, 0.6) is 11.5 Å². The average Bonchev–Trinajstić information content (AvgIpc) is 2.85. The van der Waals surface area contributed by atoms with Crippen molar-refractivity contribution in [3.8, 4) is 17.6 Å². The summed E-state index contributed by atoms with van der Waals surface area (Å²) in [5.41, 5.74) is 4.04. The molecule has 8 heteroatoms. The molecular formula is C24H25N5O3. The zero-order chi connectivity index (χ0) is 21.9. The Morgan fingerprint density at radius 3 is 3.03 bits per heavy atom. The lowest BCUT2D eigenvalue weighted by Gasteiger charge is -2.31. The molecule has 0 radical (unpaired) electrons. The number of morpholine rings is 1. The van der Waals surface area contributed by atoms with Crippen LogP contribution in [0.2, 0.25) is 0 Å². The lowest BCUT2D eigenvalue weighted by molar-refractivity contribution is 0.0203. The van der Waals surface area contributed by atoms with E-state index in [1.54, 1.807) is 13.4 Å². The molecule has 3 aliphatic rings. The molecule has 2 aromatic rings. The Balaban J connectivity index is 1.38. The maximum Gasteiger partial charge on any atom is 0.162 e. The number of nitrogens with one attached hydrogen (secondary N) is 1. The van der Waals surface area contributed by atoms with Crippen molar-refractivity contribution >= 4 is 23.5 Å². The van der Waals surface area contributed by atoms with Crippen LogP contribution in [-0.2, 0) is 11.3 Å². The number of ether oxygens (including phenoxy) is 3. The number of hydrogen-bond acceptors (Lipinski definition) is 8. The third-order valence-electron chi connectivity index (χ3n) is 5.89. The second-order valence-electron chi connectivity index (χ2n) is 7.93. The Morgan fingerprint density at radius 2 is 2.22 bits per heavy atom. The summed E-state index contributed by atoms with van der Waals surface area (Å²) < 4.78 is 17.4. The van der Waals surface area contributed by atoms with Crippen molar-refractivity contribution in [2.75, 3.05) is 33.4 Å². The molecule has 8 nitrogen and oxygen atoms in total. The largest absolute Gasteiger partial charge is 0.493 e. The maximum absolute atomic E-state index is 9.44.